The topological polar surface area (TPSA) is 148 Å². The Hall–Kier alpha value is -1.98. The SMILES string of the molecule is Cc1cc(S(F)(F)(F)(F)F)c(S(C)(=O)=O)cc1C(=O)N(OS(C)(=O)=O)C(=N)N. The molecular formula is C11H14F5N3O6S3. The lowest BCUT2D eigenvalue weighted by Gasteiger charge is -2.41. The molecule has 0 unspecified atom stereocenters. The van der Waals surface area contributed by atoms with Crippen molar-refractivity contribution in [1.29, 1.82) is 5.41 Å². The normalized spacial score (nSPS) is 15.4. The standard InChI is InChI=1S/C11H14F5N3O6S3/c1-6-4-9(28(12,13,14,15)16)8(26(2,21)22)5-7(6)10(20)19(11(17)18)25-27(3,23)24/h4-5H,1-3H3,(H3,17,18). The number of carbonyl (C=O) groups is 1. The number of halogens is 5. The van der Waals surface area contributed by atoms with E-state index in [0.717, 1.165) is 6.92 Å². The van der Waals surface area contributed by atoms with Gasteiger partial charge in [-0.15, -0.1) is 9.35 Å². The molecule has 3 N–H and O–H groups in total. The van der Waals surface area contributed by atoms with Gasteiger partial charge in [0.25, 0.3) is 16.0 Å². The van der Waals surface area contributed by atoms with Crippen molar-refractivity contribution in [3.63, 3.8) is 0 Å². The van der Waals surface area contributed by atoms with Gasteiger partial charge in [0.1, 0.15) is 4.90 Å². The number of sulfone groups is 1. The summed E-state index contributed by atoms with van der Waals surface area (Å²) >= 11 is 0. The van der Waals surface area contributed by atoms with Gasteiger partial charge in [-0.1, -0.05) is 19.4 Å². The van der Waals surface area contributed by atoms with E-state index in [-0.39, 0.29) is 23.5 Å². The van der Waals surface area contributed by atoms with Crippen LogP contribution in [0.4, 0.5) is 19.4 Å². The highest BCUT2D eigenvalue weighted by atomic mass is 32.5. The smallest absolute Gasteiger partial charge is 0.311 e. The quantitative estimate of drug-likeness (QED) is 0.287. The molecule has 0 aliphatic carbocycles. The van der Waals surface area contributed by atoms with E-state index in [1.807, 2.05) is 0 Å². The van der Waals surface area contributed by atoms with E-state index in [1.54, 1.807) is 0 Å². The Morgan fingerprint density at radius 1 is 1.11 bits per heavy atom. The maximum Gasteiger partial charge on any atom is 0.311 e. The third-order valence-electron chi connectivity index (χ3n) is 2.95. The highest BCUT2D eigenvalue weighted by molar-refractivity contribution is 8.45. The van der Waals surface area contributed by atoms with E-state index in [2.05, 4.69) is 4.28 Å². The summed E-state index contributed by atoms with van der Waals surface area (Å²) in [5, 5.41) is 6.78. The number of nitrogens with zero attached hydrogens (tertiary/aromatic N) is 1. The summed E-state index contributed by atoms with van der Waals surface area (Å²) in [5.41, 5.74) is 3.21. The molecule has 1 aromatic carbocycles. The molecule has 28 heavy (non-hydrogen) atoms. The largest absolute Gasteiger partial charge is 0.368 e. The van der Waals surface area contributed by atoms with Gasteiger partial charge in [0.2, 0.25) is 5.96 Å². The summed E-state index contributed by atoms with van der Waals surface area (Å²) in [6.07, 6.45) is 0.650. The van der Waals surface area contributed by atoms with Crippen molar-refractivity contribution in [2.75, 3.05) is 12.5 Å². The van der Waals surface area contributed by atoms with Gasteiger partial charge in [-0.3, -0.25) is 10.2 Å². The van der Waals surface area contributed by atoms with Gasteiger partial charge in [-0.05, 0) is 24.6 Å². The third kappa shape index (κ3) is 5.76. The molecule has 0 heterocycles. The van der Waals surface area contributed by atoms with Gasteiger partial charge in [-0.25, -0.2) is 8.42 Å². The van der Waals surface area contributed by atoms with Crippen LogP contribution in [-0.4, -0.2) is 46.3 Å². The zero-order chi connectivity index (χ0) is 22.6. The van der Waals surface area contributed by atoms with Crippen molar-refractivity contribution in [1.82, 2.24) is 5.06 Å². The Balaban J connectivity index is 3.87. The van der Waals surface area contributed by atoms with E-state index in [1.165, 1.54) is 0 Å². The van der Waals surface area contributed by atoms with Crippen LogP contribution < -0.4 is 5.73 Å². The van der Waals surface area contributed by atoms with Gasteiger partial charge in [-0.2, -0.15) is 8.42 Å². The fourth-order valence-electron chi connectivity index (χ4n) is 1.91. The van der Waals surface area contributed by atoms with E-state index in [0.29, 0.717) is 6.26 Å². The van der Waals surface area contributed by atoms with E-state index >= 15 is 0 Å². The fourth-order valence-corrected chi connectivity index (χ4v) is 4.85. The summed E-state index contributed by atoms with van der Waals surface area (Å²) in [7, 11) is -19.9. The van der Waals surface area contributed by atoms with Crippen LogP contribution >= 0.6 is 10.2 Å². The molecule has 1 amide bonds. The first-order valence-corrected chi connectivity index (χ1v) is 12.3. The van der Waals surface area contributed by atoms with Gasteiger partial charge in [0.05, 0.1) is 11.2 Å². The van der Waals surface area contributed by atoms with Crippen molar-refractivity contribution in [2.45, 2.75) is 16.7 Å². The zero-order valence-corrected chi connectivity index (χ0v) is 16.7. The molecule has 1 rings (SSSR count). The first-order chi connectivity index (χ1) is 11.9. The molecule has 0 saturated carbocycles. The molecule has 0 aliphatic heterocycles. The molecule has 0 aromatic heterocycles. The number of nitrogens with two attached hydrogens (primary N) is 1. The lowest BCUT2D eigenvalue weighted by molar-refractivity contribution is 0.0200. The monoisotopic (exact) mass is 475 g/mol. The minimum absolute atomic E-state index is 0.0121. The van der Waals surface area contributed by atoms with E-state index in [4.69, 9.17) is 11.1 Å². The number of aryl methyl sites for hydroxylation is 1. The zero-order valence-electron chi connectivity index (χ0n) is 14.2. The molecule has 0 spiro atoms. The van der Waals surface area contributed by atoms with Crippen LogP contribution in [0.3, 0.4) is 0 Å². The molecule has 0 saturated heterocycles. The van der Waals surface area contributed by atoms with Crippen molar-refractivity contribution >= 4 is 42.0 Å². The number of carbonyl (C=O) groups excluding carboxylic acids is 1. The minimum Gasteiger partial charge on any atom is -0.368 e. The molecular weight excluding hydrogens is 461 g/mol. The van der Waals surface area contributed by atoms with Crippen LogP contribution in [0.25, 0.3) is 0 Å². The highest BCUT2D eigenvalue weighted by Crippen LogP contribution is 3.02. The van der Waals surface area contributed by atoms with Crippen LogP contribution in [0.2, 0.25) is 0 Å². The highest BCUT2D eigenvalue weighted by Gasteiger charge is 2.67. The summed E-state index contributed by atoms with van der Waals surface area (Å²) in [6.45, 7) is 0.755. The summed E-state index contributed by atoms with van der Waals surface area (Å²) < 4.78 is 116. The fraction of sp³-hybridized carbons (Fsp3) is 0.273. The third-order valence-corrected chi connectivity index (χ3v) is 5.80. The Bertz CT molecular complexity index is 1080. The van der Waals surface area contributed by atoms with Crippen molar-refractivity contribution < 1.29 is 45.3 Å². The number of guanidine groups is 1. The molecule has 0 bridgehead atoms. The molecule has 0 atom stereocenters. The number of hydrogen-bond donors (Lipinski definition) is 2. The van der Waals surface area contributed by atoms with Crippen LogP contribution in [0.15, 0.2) is 21.9 Å². The summed E-state index contributed by atoms with van der Waals surface area (Å²) in [4.78, 5) is 7.69. The van der Waals surface area contributed by atoms with Gasteiger partial charge >= 0.3 is 10.2 Å². The average Bonchev–Trinajstić information content (AvgIpc) is 2.38. The Kier molecular flexibility index (Phi) is 5.16. The number of benzene rings is 1. The Labute approximate surface area is 156 Å². The minimum atomic E-state index is -10.5. The summed E-state index contributed by atoms with van der Waals surface area (Å²) in [5.74, 6) is -3.00. The first-order valence-electron chi connectivity index (χ1n) is 6.61. The predicted octanol–water partition coefficient (Wildman–Crippen LogP) is 2.28. The molecule has 9 nitrogen and oxygen atoms in total. The molecule has 0 aliphatic rings. The number of rotatable bonds is 5. The van der Waals surface area contributed by atoms with Crippen LogP contribution in [-0.2, 0) is 24.2 Å². The molecule has 0 radical (unpaired) electrons. The van der Waals surface area contributed by atoms with Gasteiger partial charge in [0, 0.05) is 11.8 Å². The second kappa shape index (κ2) is 6.01. The first kappa shape index (κ1) is 24.1. The van der Waals surface area contributed by atoms with E-state index in [9.17, 15) is 41.1 Å². The average molecular weight is 475 g/mol. The van der Waals surface area contributed by atoms with Gasteiger partial charge < -0.3 is 5.73 Å². The maximum atomic E-state index is 13.2. The second-order valence-electron chi connectivity index (χ2n) is 5.62. The molecule has 1 aromatic rings. The maximum absolute atomic E-state index is 13.2. The Morgan fingerprint density at radius 3 is 1.89 bits per heavy atom. The van der Waals surface area contributed by atoms with E-state index < -0.39 is 63.0 Å². The van der Waals surface area contributed by atoms with Crippen LogP contribution in [0.5, 0.6) is 0 Å². The number of nitrogens with one attached hydrogen (secondary N) is 1. The number of hydrogen-bond acceptors (Lipinski definition) is 7. The van der Waals surface area contributed by atoms with Crippen molar-refractivity contribution in [2.24, 2.45) is 5.73 Å². The van der Waals surface area contributed by atoms with Crippen LogP contribution in [0, 0.1) is 12.3 Å². The van der Waals surface area contributed by atoms with Crippen LogP contribution in [0.1, 0.15) is 15.9 Å². The molecule has 162 valence electrons. The Morgan fingerprint density at radius 2 is 1.57 bits per heavy atom. The lowest BCUT2D eigenvalue weighted by Crippen LogP contribution is -2.42. The number of amides is 1. The molecule has 0 fully saturated rings. The predicted molar refractivity (Wildman–Crippen MR) is 89.7 cm³/mol. The van der Waals surface area contributed by atoms with Gasteiger partial charge in [0.15, 0.2) is 9.84 Å². The second-order valence-corrected chi connectivity index (χ2v) is 11.5. The number of hydroxylamine groups is 2. The summed E-state index contributed by atoms with van der Waals surface area (Å²) in [6, 6.07) is -0.272. The van der Waals surface area contributed by atoms with Crippen molar-refractivity contribution in [3.05, 3.63) is 23.3 Å². The lowest BCUT2D eigenvalue weighted by atomic mass is 10.1. The molecule has 17 heteroatoms. The van der Waals surface area contributed by atoms with Crippen molar-refractivity contribution in [3.8, 4) is 0 Å².